The maximum atomic E-state index is 4.75. The molecule has 2 nitrogen and oxygen atoms in total. The fourth-order valence-corrected chi connectivity index (χ4v) is 4.99. The largest absolute Gasteiger partial charge is 0.317 e. The third kappa shape index (κ3) is 2.63. The molecule has 2 heteroatoms. The van der Waals surface area contributed by atoms with Crippen LogP contribution in [0.5, 0.6) is 0 Å². The van der Waals surface area contributed by atoms with Crippen molar-refractivity contribution in [1.82, 2.24) is 10.3 Å². The molecular formula is C19H30N2. The standard InChI is InChI=1S/C19H30N2/c1-13-7-9-15(17(12-13)20-4)19(2,3)16-10-8-14-6-5-11-21-18(14)16/h5-6,11,13,15-17,20H,7-10,12H2,1-4H3. The zero-order chi connectivity index (χ0) is 15.0. The molecule has 2 aliphatic rings. The van der Waals surface area contributed by atoms with Gasteiger partial charge in [-0.2, -0.15) is 0 Å². The SMILES string of the molecule is CNC1CC(C)CCC1C(C)(C)C1CCc2cccnc21. The first-order valence-electron chi connectivity index (χ1n) is 8.65. The molecule has 4 atom stereocenters. The molecule has 21 heavy (non-hydrogen) atoms. The Balaban J connectivity index is 1.87. The quantitative estimate of drug-likeness (QED) is 0.902. The van der Waals surface area contributed by atoms with E-state index in [1.807, 2.05) is 6.20 Å². The van der Waals surface area contributed by atoms with Gasteiger partial charge in [-0.25, -0.2) is 0 Å². The molecule has 1 aromatic heterocycles. The van der Waals surface area contributed by atoms with Crippen molar-refractivity contribution < 1.29 is 0 Å². The number of hydrogen-bond donors (Lipinski definition) is 1. The zero-order valence-corrected chi connectivity index (χ0v) is 14.0. The lowest BCUT2D eigenvalue weighted by atomic mass is 9.60. The molecule has 2 aliphatic carbocycles. The Labute approximate surface area is 129 Å². The molecule has 0 saturated heterocycles. The van der Waals surface area contributed by atoms with Gasteiger partial charge < -0.3 is 5.32 Å². The number of rotatable bonds is 3. The van der Waals surface area contributed by atoms with E-state index in [2.05, 4.69) is 45.3 Å². The summed E-state index contributed by atoms with van der Waals surface area (Å²) in [7, 11) is 2.15. The average Bonchev–Trinajstić information content (AvgIpc) is 2.91. The molecule has 0 spiro atoms. The van der Waals surface area contributed by atoms with Gasteiger partial charge in [0, 0.05) is 23.9 Å². The van der Waals surface area contributed by atoms with Crippen LogP contribution in [0.3, 0.4) is 0 Å². The molecular weight excluding hydrogens is 256 g/mol. The van der Waals surface area contributed by atoms with Crippen molar-refractivity contribution in [1.29, 1.82) is 0 Å². The van der Waals surface area contributed by atoms with Gasteiger partial charge in [-0.15, -0.1) is 0 Å². The molecule has 3 rings (SSSR count). The number of nitrogens with one attached hydrogen (secondary N) is 1. The zero-order valence-electron chi connectivity index (χ0n) is 14.0. The fraction of sp³-hybridized carbons (Fsp3) is 0.737. The van der Waals surface area contributed by atoms with Crippen LogP contribution in [0.15, 0.2) is 18.3 Å². The van der Waals surface area contributed by atoms with Gasteiger partial charge in [-0.05, 0) is 61.6 Å². The van der Waals surface area contributed by atoms with Crippen LogP contribution in [0.25, 0.3) is 0 Å². The highest BCUT2D eigenvalue weighted by Crippen LogP contribution is 2.52. The highest BCUT2D eigenvalue weighted by molar-refractivity contribution is 5.30. The molecule has 4 unspecified atom stereocenters. The minimum Gasteiger partial charge on any atom is -0.317 e. The Morgan fingerprint density at radius 1 is 1.24 bits per heavy atom. The van der Waals surface area contributed by atoms with E-state index in [-0.39, 0.29) is 0 Å². The van der Waals surface area contributed by atoms with Gasteiger partial charge in [0.15, 0.2) is 0 Å². The monoisotopic (exact) mass is 286 g/mol. The van der Waals surface area contributed by atoms with Crippen molar-refractivity contribution in [3.63, 3.8) is 0 Å². The van der Waals surface area contributed by atoms with Gasteiger partial charge in [0.2, 0.25) is 0 Å². The van der Waals surface area contributed by atoms with Crippen LogP contribution in [0.1, 0.15) is 63.6 Å². The summed E-state index contributed by atoms with van der Waals surface area (Å²) < 4.78 is 0. The maximum absolute atomic E-state index is 4.75. The molecule has 0 bridgehead atoms. The summed E-state index contributed by atoms with van der Waals surface area (Å²) in [5.74, 6) is 2.25. The highest BCUT2D eigenvalue weighted by Gasteiger charge is 2.45. The molecule has 1 heterocycles. The number of nitrogens with zero attached hydrogens (tertiary/aromatic N) is 1. The number of fused-ring (bicyclic) bond motifs is 1. The summed E-state index contributed by atoms with van der Waals surface area (Å²) in [4.78, 5) is 4.75. The Bertz CT molecular complexity index is 494. The van der Waals surface area contributed by atoms with Crippen LogP contribution < -0.4 is 5.32 Å². The summed E-state index contributed by atoms with van der Waals surface area (Å²) in [5, 5.41) is 3.62. The topological polar surface area (TPSA) is 24.9 Å². The third-order valence-electron chi connectivity index (χ3n) is 6.30. The van der Waals surface area contributed by atoms with Gasteiger partial charge in [0.05, 0.1) is 0 Å². The minimum atomic E-state index is 0.327. The molecule has 1 aromatic rings. The minimum absolute atomic E-state index is 0.327. The fourth-order valence-electron chi connectivity index (χ4n) is 4.99. The van der Waals surface area contributed by atoms with Crippen molar-refractivity contribution in [2.45, 2.75) is 64.8 Å². The van der Waals surface area contributed by atoms with E-state index in [0.29, 0.717) is 17.4 Å². The molecule has 0 aliphatic heterocycles. The second kappa shape index (κ2) is 5.72. The van der Waals surface area contributed by atoms with Gasteiger partial charge in [-0.1, -0.05) is 33.3 Å². The molecule has 1 fully saturated rings. The van der Waals surface area contributed by atoms with Crippen LogP contribution in [-0.2, 0) is 6.42 Å². The van der Waals surface area contributed by atoms with Gasteiger partial charge in [0.25, 0.3) is 0 Å². The predicted molar refractivity (Wildman–Crippen MR) is 88.4 cm³/mol. The molecule has 1 N–H and O–H groups in total. The van der Waals surface area contributed by atoms with Gasteiger partial charge in [0.1, 0.15) is 0 Å². The molecule has 0 radical (unpaired) electrons. The Kier molecular flexibility index (Phi) is 4.09. The lowest BCUT2D eigenvalue weighted by molar-refractivity contribution is 0.0724. The number of pyridine rings is 1. The Morgan fingerprint density at radius 3 is 2.81 bits per heavy atom. The second-order valence-corrected chi connectivity index (χ2v) is 7.88. The van der Waals surface area contributed by atoms with Crippen molar-refractivity contribution in [3.8, 4) is 0 Å². The number of hydrogen-bond acceptors (Lipinski definition) is 2. The van der Waals surface area contributed by atoms with E-state index >= 15 is 0 Å². The Morgan fingerprint density at radius 2 is 2.05 bits per heavy atom. The predicted octanol–water partition coefficient (Wildman–Crippen LogP) is 4.16. The lowest BCUT2D eigenvalue weighted by Crippen LogP contribution is -2.47. The van der Waals surface area contributed by atoms with Gasteiger partial charge >= 0.3 is 0 Å². The van der Waals surface area contributed by atoms with Crippen LogP contribution in [0, 0.1) is 17.3 Å². The summed E-state index contributed by atoms with van der Waals surface area (Å²) in [5.41, 5.74) is 3.20. The first kappa shape index (κ1) is 15.0. The van der Waals surface area contributed by atoms with E-state index < -0.39 is 0 Å². The van der Waals surface area contributed by atoms with Crippen molar-refractivity contribution in [2.24, 2.45) is 17.3 Å². The van der Waals surface area contributed by atoms with Crippen LogP contribution in [0.2, 0.25) is 0 Å². The smallest absolute Gasteiger partial charge is 0.0471 e. The molecule has 0 amide bonds. The first-order valence-corrected chi connectivity index (χ1v) is 8.65. The highest BCUT2D eigenvalue weighted by atomic mass is 14.9. The molecule has 1 saturated carbocycles. The Hall–Kier alpha value is -0.890. The van der Waals surface area contributed by atoms with Gasteiger partial charge in [-0.3, -0.25) is 4.98 Å². The summed E-state index contributed by atoms with van der Waals surface area (Å²) in [6.07, 6.45) is 8.54. The van der Waals surface area contributed by atoms with Crippen LogP contribution in [-0.4, -0.2) is 18.1 Å². The van der Waals surface area contributed by atoms with E-state index in [4.69, 9.17) is 4.98 Å². The molecule has 116 valence electrons. The van der Waals surface area contributed by atoms with E-state index in [1.165, 1.54) is 43.4 Å². The molecule has 0 aromatic carbocycles. The van der Waals surface area contributed by atoms with E-state index in [9.17, 15) is 0 Å². The van der Waals surface area contributed by atoms with Crippen LogP contribution in [0.4, 0.5) is 0 Å². The van der Waals surface area contributed by atoms with E-state index in [1.54, 1.807) is 0 Å². The van der Waals surface area contributed by atoms with Crippen LogP contribution >= 0.6 is 0 Å². The maximum Gasteiger partial charge on any atom is 0.0471 e. The number of aryl methyl sites for hydroxylation is 1. The first-order chi connectivity index (χ1) is 10.0. The van der Waals surface area contributed by atoms with Crippen molar-refractivity contribution >= 4 is 0 Å². The normalized spacial score (nSPS) is 33.0. The summed E-state index contributed by atoms with van der Waals surface area (Å²) >= 11 is 0. The third-order valence-corrected chi connectivity index (χ3v) is 6.30. The van der Waals surface area contributed by atoms with E-state index in [0.717, 1.165) is 11.8 Å². The van der Waals surface area contributed by atoms with Crippen molar-refractivity contribution in [2.75, 3.05) is 7.05 Å². The number of aromatic nitrogens is 1. The summed E-state index contributed by atoms with van der Waals surface area (Å²) in [6.45, 7) is 7.39. The van der Waals surface area contributed by atoms with Crippen molar-refractivity contribution in [3.05, 3.63) is 29.6 Å². The lowest BCUT2D eigenvalue weighted by Gasteiger charge is -2.47. The summed E-state index contributed by atoms with van der Waals surface area (Å²) in [6, 6.07) is 5.03. The average molecular weight is 286 g/mol. The second-order valence-electron chi connectivity index (χ2n) is 7.88.